The van der Waals surface area contributed by atoms with E-state index >= 15 is 0 Å². The second kappa shape index (κ2) is 7.61. The van der Waals surface area contributed by atoms with Crippen molar-refractivity contribution in [2.45, 2.75) is 12.8 Å². The number of para-hydroxylation sites is 1. The highest BCUT2D eigenvalue weighted by atomic mass is 19.1. The number of phenolic OH excluding ortho intramolecular Hbond substituents is 1. The molecule has 0 aliphatic heterocycles. The lowest BCUT2D eigenvalue weighted by atomic mass is 10.1. The van der Waals surface area contributed by atoms with Gasteiger partial charge in [-0.2, -0.15) is 5.10 Å². The van der Waals surface area contributed by atoms with Crippen LogP contribution in [0.25, 0.3) is 5.69 Å². The summed E-state index contributed by atoms with van der Waals surface area (Å²) in [5, 5.41) is 16.9. The molecule has 0 aliphatic carbocycles. The van der Waals surface area contributed by atoms with Gasteiger partial charge in [0, 0.05) is 24.7 Å². The Morgan fingerprint density at radius 1 is 1.12 bits per heavy atom. The quantitative estimate of drug-likeness (QED) is 0.725. The number of nitrogens with zero attached hydrogens (tertiary/aromatic N) is 2. The van der Waals surface area contributed by atoms with E-state index in [1.807, 2.05) is 6.07 Å². The summed E-state index contributed by atoms with van der Waals surface area (Å²) in [6.45, 7) is 0.451. The molecule has 128 valence electrons. The Morgan fingerprint density at radius 2 is 1.88 bits per heavy atom. The molecule has 0 aliphatic rings. The van der Waals surface area contributed by atoms with Crippen molar-refractivity contribution in [1.29, 1.82) is 0 Å². The largest absolute Gasteiger partial charge is 0.508 e. The third-order valence-corrected chi connectivity index (χ3v) is 3.78. The summed E-state index contributed by atoms with van der Waals surface area (Å²) in [6.07, 6.45) is 2.52. The normalized spacial score (nSPS) is 10.6. The summed E-state index contributed by atoms with van der Waals surface area (Å²) in [5.74, 6) is -0.321. The molecule has 3 aromatic rings. The topological polar surface area (TPSA) is 67.2 Å². The number of hydrogen-bond donors (Lipinski definition) is 2. The molecule has 0 fully saturated rings. The van der Waals surface area contributed by atoms with Gasteiger partial charge in [-0.05, 0) is 36.4 Å². The second-order valence-electron chi connectivity index (χ2n) is 5.63. The average molecular weight is 339 g/mol. The fraction of sp³-hybridized carbons (Fsp3) is 0.158. The maximum absolute atomic E-state index is 12.9. The molecule has 0 bridgehead atoms. The van der Waals surface area contributed by atoms with Gasteiger partial charge in [0.05, 0.1) is 17.8 Å². The highest BCUT2D eigenvalue weighted by Gasteiger charge is 2.07. The van der Waals surface area contributed by atoms with E-state index in [0.29, 0.717) is 18.5 Å². The SMILES string of the molecule is O=C(Cc1ccccc1O)NCCc1ccn(-c2ccc(F)cc2)n1. The third-order valence-electron chi connectivity index (χ3n) is 3.78. The first kappa shape index (κ1) is 16.7. The van der Waals surface area contributed by atoms with Crippen molar-refractivity contribution in [2.24, 2.45) is 0 Å². The van der Waals surface area contributed by atoms with Crippen molar-refractivity contribution in [3.05, 3.63) is 77.9 Å². The average Bonchev–Trinajstić information content (AvgIpc) is 3.06. The smallest absolute Gasteiger partial charge is 0.224 e. The van der Waals surface area contributed by atoms with Gasteiger partial charge in [0.15, 0.2) is 0 Å². The number of aromatic nitrogens is 2. The highest BCUT2D eigenvalue weighted by Crippen LogP contribution is 2.15. The van der Waals surface area contributed by atoms with Crippen LogP contribution in [0.3, 0.4) is 0 Å². The number of phenols is 1. The number of carbonyl (C=O) groups is 1. The molecule has 1 aromatic heterocycles. The zero-order valence-electron chi connectivity index (χ0n) is 13.5. The number of nitrogens with one attached hydrogen (secondary N) is 1. The zero-order valence-corrected chi connectivity index (χ0v) is 13.5. The van der Waals surface area contributed by atoms with E-state index in [0.717, 1.165) is 11.4 Å². The van der Waals surface area contributed by atoms with E-state index in [-0.39, 0.29) is 23.9 Å². The molecular formula is C19H18FN3O2. The van der Waals surface area contributed by atoms with Crippen LogP contribution in [0, 0.1) is 5.82 Å². The lowest BCUT2D eigenvalue weighted by molar-refractivity contribution is -0.120. The van der Waals surface area contributed by atoms with Crippen molar-refractivity contribution in [3.63, 3.8) is 0 Å². The van der Waals surface area contributed by atoms with E-state index in [1.54, 1.807) is 47.3 Å². The van der Waals surface area contributed by atoms with Gasteiger partial charge in [0.1, 0.15) is 11.6 Å². The molecule has 0 saturated heterocycles. The summed E-state index contributed by atoms with van der Waals surface area (Å²) >= 11 is 0. The van der Waals surface area contributed by atoms with Crippen LogP contribution < -0.4 is 5.32 Å². The molecule has 6 heteroatoms. The number of aromatic hydroxyl groups is 1. The fourth-order valence-electron chi connectivity index (χ4n) is 2.46. The fourth-order valence-corrected chi connectivity index (χ4v) is 2.46. The van der Waals surface area contributed by atoms with Gasteiger partial charge < -0.3 is 10.4 Å². The molecule has 0 spiro atoms. The van der Waals surface area contributed by atoms with Crippen LogP contribution >= 0.6 is 0 Å². The number of hydrogen-bond acceptors (Lipinski definition) is 3. The lowest BCUT2D eigenvalue weighted by Gasteiger charge is -2.06. The molecule has 2 N–H and O–H groups in total. The van der Waals surface area contributed by atoms with E-state index in [4.69, 9.17) is 0 Å². The summed E-state index contributed by atoms with van der Waals surface area (Å²) in [4.78, 5) is 11.9. The van der Waals surface area contributed by atoms with E-state index in [1.165, 1.54) is 12.1 Å². The standard InChI is InChI=1S/C19H18FN3O2/c20-15-5-7-17(8-6-15)23-12-10-16(22-23)9-11-21-19(25)13-14-3-1-2-4-18(14)24/h1-8,10,12,24H,9,11,13H2,(H,21,25). The Morgan fingerprint density at radius 3 is 2.64 bits per heavy atom. The zero-order chi connectivity index (χ0) is 17.6. The van der Waals surface area contributed by atoms with Crippen LogP contribution in [0.4, 0.5) is 4.39 Å². The molecule has 3 rings (SSSR count). The minimum Gasteiger partial charge on any atom is -0.508 e. The Hall–Kier alpha value is -3.15. The number of carbonyl (C=O) groups excluding carboxylic acids is 1. The molecule has 1 heterocycles. The number of benzene rings is 2. The summed E-state index contributed by atoms with van der Waals surface area (Å²) < 4.78 is 14.6. The Labute approximate surface area is 144 Å². The Bertz CT molecular complexity index is 859. The maximum atomic E-state index is 12.9. The first-order chi connectivity index (χ1) is 12.1. The molecule has 5 nitrogen and oxygen atoms in total. The molecule has 0 unspecified atom stereocenters. The number of amides is 1. The second-order valence-corrected chi connectivity index (χ2v) is 5.63. The van der Waals surface area contributed by atoms with Crippen LogP contribution in [0.15, 0.2) is 60.8 Å². The molecule has 25 heavy (non-hydrogen) atoms. The summed E-state index contributed by atoms with van der Waals surface area (Å²) in [7, 11) is 0. The van der Waals surface area contributed by atoms with Gasteiger partial charge in [-0.1, -0.05) is 18.2 Å². The van der Waals surface area contributed by atoms with Gasteiger partial charge >= 0.3 is 0 Å². The molecule has 0 radical (unpaired) electrons. The predicted molar refractivity (Wildman–Crippen MR) is 92.0 cm³/mol. The van der Waals surface area contributed by atoms with E-state index < -0.39 is 0 Å². The minimum absolute atomic E-state index is 0.121. The number of rotatable bonds is 6. The Balaban J connectivity index is 1.50. The molecule has 1 amide bonds. The third kappa shape index (κ3) is 4.44. The molecule has 0 atom stereocenters. The first-order valence-corrected chi connectivity index (χ1v) is 7.96. The summed E-state index contributed by atoms with van der Waals surface area (Å²) in [6, 6.07) is 14.7. The van der Waals surface area contributed by atoms with Crippen molar-refractivity contribution in [1.82, 2.24) is 15.1 Å². The van der Waals surface area contributed by atoms with Gasteiger partial charge in [-0.3, -0.25) is 4.79 Å². The summed E-state index contributed by atoms with van der Waals surface area (Å²) in [5.41, 5.74) is 2.20. The molecular weight excluding hydrogens is 321 g/mol. The van der Waals surface area contributed by atoms with Gasteiger partial charge in [-0.25, -0.2) is 9.07 Å². The predicted octanol–water partition coefficient (Wildman–Crippen LogP) is 2.62. The first-order valence-electron chi connectivity index (χ1n) is 7.96. The van der Waals surface area contributed by atoms with Crippen molar-refractivity contribution >= 4 is 5.91 Å². The number of halogens is 1. The van der Waals surface area contributed by atoms with Crippen LogP contribution in [0.2, 0.25) is 0 Å². The van der Waals surface area contributed by atoms with Crippen molar-refractivity contribution in [3.8, 4) is 11.4 Å². The van der Waals surface area contributed by atoms with Crippen molar-refractivity contribution < 1.29 is 14.3 Å². The highest BCUT2D eigenvalue weighted by molar-refractivity contribution is 5.79. The van der Waals surface area contributed by atoms with Crippen LogP contribution in [-0.4, -0.2) is 27.3 Å². The van der Waals surface area contributed by atoms with Crippen molar-refractivity contribution in [2.75, 3.05) is 6.54 Å². The monoisotopic (exact) mass is 339 g/mol. The van der Waals surface area contributed by atoms with Crippen LogP contribution in [0.1, 0.15) is 11.3 Å². The van der Waals surface area contributed by atoms with Gasteiger partial charge in [0.25, 0.3) is 0 Å². The Kier molecular flexibility index (Phi) is 5.09. The van der Waals surface area contributed by atoms with E-state index in [9.17, 15) is 14.3 Å². The van der Waals surface area contributed by atoms with Crippen LogP contribution in [0.5, 0.6) is 5.75 Å². The van der Waals surface area contributed by atoms with Gasteiger partial charge in [-0.15, -0.1) is 0 Å². The molecule has 2 aromatic carbocycles. The lowest BCUT2D eigenvalue weighted by Crippen LogP contribution is -2.27. The maximum Gasteiger partial charge on any atom is 0.224 e. The van der Waals surface area contributed by atoms with Crippen LogP contribution in [-0.2, 0) is 17.6 Å². The van der Waals surface area contributed by atoms with Gasteiger partial charge in [0.2, 0.25) is 5.91 Å². The minimum atomic E-state index is -0.289. The molecule has 0 saturated carbocycles. The van der Waals surface area contributed by atoms with E-state index in [2.05, 4.69) is 10.4 Å².